The van der Waals surface area contributed by atoms with Gasteiger partial charge in [0.15, 0.2) is 0 Å². The molecule has 0 saturated carbocycles. The third-order valence-electron chi connectivity index (χ3n) is 3.29. The van der Waals surface area contributed by atoms with Gasteiger partial charge in [0.2, 0.25) is 0 Å². The third-order valence-corrected chi connectivity index (χ3v) is 3.58. The zero-order valence-corrected chi connectivity index (χ0v) is 12.2. The summed E-state index contributed by atoms with van der Waals surface area (Å²) < 4.78 is 18.3. The molecule has 2 aromatic carbocycles. The Morgan fingerprint density at radius 1 is 1.20 bits per heavy atom. The van der Waals surface area contributed by atoms with E-state index in [4.69, 9.17) is 16.3 Å². The fourth-order valence-electron chi connectivity index (χ4n) is 2.13. The van der Waals surface area contributed by atoms with E-state index in [0.717, 1.165) is 23.3 Å². The second-order valence-electron chi connectivity index (χ2n) is 4.57. The van der Waals surface area contributed by atoms with Crippen molar-refractivity contribution in [3.05, 3.63) is 64.4 Å². The van der Waals surface area contributed by atoms with E-state index in [2.05, 4.69) is 5.32 Å². The molecule has 1 N–H and O–H groups in total. The van der Waals surface area contributed by atoms with Crippen molar-refractivity contribution in [1.82, 2.24) is 5.32 Å². The van der Waals surface area contributed by atoms with Crippen molar-refractivity contribution in [2.45, 2.75) is 12.5 Å². The number of ether oxygens (including phenoxy) is 1. The predicted octanol–water partition coefficient (Wildman–Crippen LogP) is 3.99. The molecule has 1 atom stereocenters. The molecule has 0 saturated heterocycles. The standard InChI is InChI=1S/C16H17ClFNO/c1-19-16(12-4-6-13(20-2)7-5-12)10-11-3-8-15(18)14(17)9-11/h3-9,16,19H,10H2,1-2H3. The number of halogens is 2. The van der Waals surface area contributed by atoms with Gasteiger partial charge in [0.1, 0.15) is 11.6 Å². The minimum atomic E-state index is -0.388. The van der Waals surface area contributed by atoms with Crippen LogP contribution in [0.5, 0.6) is 5.75 Å². The highest BCUT2D eigenvalue weighted by Gasteiger charge is 2.11. The van der Waals surface area contributed by atoms with E-state index in [0.29, 0.717) is 0 Å². The zero-order chi connectivity index (χ0) is 14.5. The van der Waals surface area contributed by atoms with E-state index >= 15 is 0 Å². The van der Waals surface area contributed by atoms with E-state index in [9.17, 15) is 4.39 Å². The van der Waals surface area contributed by atoms with Crippen LogP contribution in [0.15, 0.2) is 42.5 Å². The lowest BCUT2D eigenvalue weighted by Gasteiger charge is -2.17. The van der Waals surface area contributed by atoms with Crippen molar-refractivity contribution >= 4 is 11.6 Å². The average molecular weight is 294 g/mol. The molecule has 0 spiro atoms. The van der Waals surface area contributed by atoms with Gasteiger partial charge in [0, 0.05) is 6.04 Å². The number of methoxy groups -OCH3 is 1. The smallest absolute Gasteiger partial charge is 0.141 e. The lowest BCUT2D eigenvalue weighted by Crippen LogP contribution is -2.18. The van der Waals surface area contributed by atoms with Crippen molar-refractivity contribution in [1.29, 1.82) is 0 Å². The van der Waals surface area contributed by atoms with Gasteiger partial charge in [0.25, 0.3) is 0 Å². The lowest BCUT2D eigenvalue weighted by atomic mass is 9.99. The van der Waals surface area contributed by atoms with Gasteiger partial charge in [-0.25, -0.2) is 4.39 Å². The van der Waals surface area contributed by atoms with E-state index < -0.39 is 0 Å². The molecular weight excluding hydrogens is 277 g/mol. The number of hydrogen-bond acceptors (Lipinski definition) is 2. The Balaban J connectivity index is 2.16. The molecule has 0 bridgehead atoms. The summed E-state index contributed by atoms with van der Waals surface area (Å²) in [4.78, 5) is 0. The minimum absolute atomic E-state index is 0.141. The molecule has 0 aromatic heterocycles. The van der Waals surface area contributed by atoms with Crippen LogP contribution in [0.1, 0.15) is 17.2 Å². The maximum atomic E-state index is 13.2. The van der Waals surface area contributed by atoms with Crippen molar-refractivity contribution in [2.24, 2.45) is 0 Å². The van der Waals surface area contributed by atoms with Crippen molar-refractivity contribution in [3.63, 3.8) is 0 Å². The highest BCUT2D eigenvalue weighted by Crippen LogP contribution is 2.23. The molecule has 0 aliphatic heterocycles. The van der Waals surface area contributed by atoms with Gasteiger partial charge in [-0.3, -0.25) is 0 Å². The summed E-state index contributed by atoms with van der Waals surface area (Å²) in [6.45, 7) is 0. The van der Waals surface area contributed by atoms with Gasteiger partial charge in [-0.1, -0.05) is 29.8 Å². The largest absolute Gasteiger partial charge is 0.497 e. The third kappa shape index (κ3) is 3.50. The summed E-state index contributed by atoms with van der Waals surface area (Å²) >= 11 is 5.81. The fraction of sp³-hybridized carbons (Fsp3) is 0.250. The molecule has 106 valence electrons. The van der Waals surface area contributed by atoms with Gasteiger partial charge in [0.05, 0.1) is 12.1 Å². The molecule has 4 heteroatoms. The SMILES string of the molecule is CNC(Cc1ccc(F)c(Cl)c1)c1ccc(OC)cc1. The second kappa shape index (κ2) is 6.73. The van der Waals surface area contributed by atoms with Gasteiger partial charge in [-0.2, -0.15) is 0 Å². The summed E-state index contributed by atoms with van der Waals surface area (Å²) in [5, 5.41) is 3.42. The van der Waals surface area contributed by atoms with Gasteiger partial charge in [-0.05, 0) is 48.9 Å². The first-order valence-corrected chi connectivity index (χ1v) is 6.77. The molecule has 0 fully saturated rings. The minimum Gasteiger partial charge on any atom is -0.497 e. The Morgan fingerprint density at radius 3 is 2.45 bits per heavy atom. The average Bonchev–Trinajstić information content (AvgIpc) is 2.48. The summed E-state index contributed by atoms with van der Waals surface area (Å²) in [7, 11) is 3.55. The summed E-state index contributed by atoms with van der Waals surface area (Å²) in [5.74, 6) is 0.439. The number of hydrogen-bond donors (Lipinski definition) is 1. The van der Waals surface area contributed by atoms with Crippen LogP contribution in [0.25, 0.3) is 0 Å². The first kappa shape index (κ1) is 14.8. The van der Waals surface area contributed by atoms with Crippen molar-refractivity contribution in [2.75, 3.05) is 14.2 Å². The molecule has 2 aromatic rings. The molecule has 0 aliphatic carbocycles. The number of benzene rings is 2. The monoisotopic (exact) mass is 293 g/mol. The second-order valence-corrected chi connectivity index (χ2v) is 4.97. The molecule has 1 unspecified atom stereocenters. The van der Waals surface area contributed by atoms with Crippen LogP contribution in [0.2, 0.25) is 5.02 Å². The van der Waals surface area contributed by atoms with Crippen LogP contribution in [-0.4, -0.2) is 14.2 Å². The highest BCUT2D eigenvalue weighted by molar-refractivity contribution is 6.30. The molecule has 0 aliphatic rings. The van der Waals surface area contributed by atoms with E-state index in [-0.39, 0.29) is 16.9 Å². The quantitative estimate of drug-likeness (QED) is 0.900. The number of likely N-dealkylation sites (N-methyl/N-ethyl adjacent to an activating group) is 1. The maximum absolute atomic E-state index is 13.2. The summed E-state index contributed by atoms with van der Waals surface area (Å²) in [6, 6.07) is 12.9. The van der Waals surface area contributed by atoms with Gasteiger partial charge >= 0.3 is 0 Å². The zero-order valence-electron chi connectivity index (χ0n) is 11.5. The predicted molar refractivity (Wildman–Crippen MR) is 79.9 cm³/mol. The van der Waals surface area contributed by atoms with Crippen LogP contribution in [0.4, 0.5) is 4.39 Å². The van der Waals surface area contributed by atoms with Crippen LogP contribution in [0.3, 0.4) is 0 Å². The number of nitrogens with one attached hydrogen (secondary N) is 1. The molecule has 2 nitrogen and oxygen atoms in total. The Bertz CT molecular complexity index is 571. The van der Waals surface area contributed by atoms with Gasteiger partial charge < -0.3 is 10.1 Å². The Hall–Kier alpha value is -1.58. The Labute approximate surface area is 123 Å². The van der Waals surface area contributed by atoms with Gasteiger partial charge in [-0.15, -0.1) is 0 Å². The molecular formula is C16H17ClFNO. The summed E-state index contributed by atoms with van der Waals surface area (Å²) in [6.07, 6.45) is 0.739. The van der Waals surface area contributed by atoms with Crippen LogP contribution < -0.4 is 10.1 Å². The highest BCUT2D eigenvalue weighted by atomic mass is 35.5. The Morgan fingerprint density at radius 2 is 1.90 bits per heavy atom. The number of rotatable bonds is 5. The van der Waals surface area contributed by atoms with Crippen LogP contribution >= 0.6 is 11.6 Å². The molecule has 0 heterocycles. The van der Waals surface area contributed by atoms with Crippen LogP contribution in [-0.2, 0) is 6.42 Å². The molecule has 0 amide bonds. The van der Waals surface area contributed by atoms with Crippen molar-refractivity contribution < 1.29 is 9.13 Å². The topological polar surface area (TPSA) is 21.3 Å². The molecule has 0 radical (unpaired) electrons. The molecule has 2 rings (SSSR count). The maximum Gasteiger partial charge on any atom is 0.141 e. The van der Waals surface area contributed by atoms with E-state index in [1.165, 1.54) is 6.07 Å². The summed E-state index contributed by atoms with van der Waals surface area (Å²) in [5.41, 5.74) is 2.14. The normalized spacial score (nSPS) is 12.2. The Kier molecular flexibility index (Phi) is 4.99. The van der Waals surface area contributed by atoms with Crippen molar-refractivity contribution in [3.8, 4) is 5.75 Å². The molecule has 20 heavy (non-hydrogen) atoms. The first-order chi connectivity index (χ1) is 9.63. The van der Waals surface area contributed by atoms with Crippen LogP contribution in [0, 0.1) is 5.82 Å². The van der Waals surface area contributed by atoms with E-state index in [1.807, 2.05) is 31.3 Å². The first-order valence-electron chi connectivity index (χ1n) is 6.39. The fourth-order valence-corrected chi connectivity index (χ4v) is 2.33. The van der Waals surface area contributed by atoms with E-state index in [1.54, 1.807) is 19.2 Å². The lowest BCUT2D eigenvalue weighted by molar-refractivity contribution is 0.414.